The first kappa shape index (κ1) is 15.5. The first-order chi connectivity index (χ1) is 9.36. The second kappa shape index (κ2) is 6.54. The molecule has 0 bridgehead atoms. The summed E-state index contributed by atoms with van der Waals surface area (Å²) in [6, 6.07) is 6.28. The molecular formula is C12H13ClN6O. The van der Waals surface area contributed by atoms with Crippen molar-refractivity contribution in [3.8, 4) is 6.07 Å². The van der Waals surface area contributed by atoms with E-state index in [1.54, 1.807) is 32.3 Å². The van der Waals surface area contributed by atoms with Gasteiger partial charge in [0.15, 0.2) is 5.84 Å². The van der Waals surface area contributed by atoms with Gasteiger partial charge in [-0.15, -0.1) is 0 Å². The lowest BCUT2D eigenvalue weighted by Crippen LogP contribution is -2.24. The molecule has 0 atom stereocenters. The molecule has 7 nitrogen and oxygen atoms in total. The molecule has 0 radical (unpaired) electrons. The molecule has 20 heavy (non-hydrogen) atoms. The van der Waals surface area contributed by atoms with E-state index in [2.05, 4.69) is 10.5 Å². The summed E-state index contributed by atoms with van der Waals surface area (Å²) in [5, 5.41) is 20.0. The number of hydrogen-bond acceptors (Lipinski definition) is 5. The third kappa shape index (κ3) is 3.70. The van der Waals surface area contributed by atoms with E-state index in [0.29, 0.717) is 16.3 Å². The van der Waals surface area contributed by atoms with Crippen LogP contribution in [0.4, 0.5) is 5.69 Å². The molecule has 0 heterocycles. The van der Waals surface area contributed by atoms with Crippen LogP contribution in [0, 0.1) is 16.7 Å². The van der Waals surface area contributed by atoms with Gasteiger partial charge in [-0.25, -0.2) is 0 Å². The predicted octanol–water partition coefficient (Wildman–Crippen LogP) is 1.27. The average molecular weight is 293 g/mol. The zero-order valence-electron chi connectivity index (χ0n) is 10.9. The minimum Gasteiger partial charge on any atom is -0.382 e. The summed E-state index contributed by atoms with van der Waals surface area (Å²) in [5.41, 5.74) is 8.09. The largest absolute Gasteiger partial charge is 0.382 e. The zero-order chi connectivity index (χ0) is 15.3. The molecular weight excluding hydrogens is 280 g/mol. The van der Waals surface area contributed by atoms with Crippen LogP contribution in [0.5, 0.6) is 0 Å². The third-order valence-corrected chi connectivity index (χ3v) is 2.50. The van der Waals surface area contributed by atoms with E-state index < -0.39 is 5.84 Å². The Morgan fingerprint density at radius 2 is 2.20 bits per heavy atom. The molecule has 0 fully saturated rings. The number of benzene rings is 1. The molecule has 0 aliphatic carbocycles. The molecule has 0 aromatic heterocycles. The SMILES string of the molecule is CN(C)C(=O)c1ccc(Cl)cc1N/N=C(\C#N)C(=N)N. The van der Waals surface area contributed by atoms with E-state index in [-0.39, 0.29) is 11.6 Å². The lowest BCUT2D eigenvalue weighted by Gasteiger charge is -2.14. The highest BCUT2D eigenvalue weighted by Crippen LogP contribution is 2.22. The van der Waals surface area contributed by atoms with Gasteiger partial charge in [0.25, 0.3) is 5.91 Å². The van der Waals surface area contributed by atoms with E-state index in [1.807, 2.05) is 0 Å². The van der Waals surface area contributed by atoms with Crippen LogP contribution < -0.4 is 11.2 Å². The highest BCUT2D eigenvalue weighted by molar-refractivity contribution is 6.45. The molecule has 0 unspecified atom stereocenters. The Morgan fingerprint density at radius 1 is 1.55 bits per heavy atom. The number of anilines is 1. The molecule has 0 spiro atoms. The fraction of sp³-hybridized carbons (Fsp3) is 0.167. The van der Waals surface area contributed by atoms with Gasteiger partial charge in [0.05, 0.1) is 11.3 Å². The summed E-state index contributed by atoms with van der Waals surface area (Å²) in [6.07, 6.45) is 0. The number of carbonyl (C=O) groups is 1. The fourth-order valence-corrected chi connectivity index (χ4v) is 1.47. The summed E-state index contributed by atoms with van der Waals surface area (Å²) in [6.45, 7) is 0. The van der Waals surface area contributed by atoms with Crippen molar-refractivity contribution in [3.05, 3.63) is 28.8 Å². The average Bonchev–Trinajstić information content (AvgIpc) is 2.38. The van der Waals surface area contributed by atoms with Gasteiger partial charge in [0.1, 0.15) is 6.07 Å². The maximum Gasteiger partial charge on any atom is 0.255 e. The summed E-state index contributed by atoms with van der Waals surface area (Å²) in [4.78, 5) is 13.4. The molecule has 8 heteroatoms. The van der Waals surface area contributed by atoms with Gasteiger partial charge < -0.3 is 10.6 Å². The van der Waals surface area contributed by atoms with Crippen LogP contribution in [0.3, 0.4) is 0 Å². The van der Waals surface area contributed by atoms with Crippen LogP contribution in [0.2, 0.25) is 5.02 Å². The number of amidine groups is 1. The van der Waals surface area contributed by atoms with Crippen LogP contribution >= 0.6 is 11.6 Å². The van der Waals surface area contributed by atoms with E-state index in [9.17, 15) is 4.79 Å². The number of amides is 1. The van der Waals surface area contributed by atoms with Gasteiger partial charge in [-0.3, -0.25) is 15.6 Å². The summed E-state index contributed by atoms with van der Waals surface area (Å²) in [5.74, 6) is -0.719. The Bertz CT molecular complexity index is 617. The molecule has 0 aliphatic heterocycles. The quantitative estimate of drug-likeness (QED) is 0.440. The molecule has 1 aromatic carbocycles. The maximum absolute atomic E-state index is 12.0. The molecule has 0 saturated carbocycles. The monoisotopic (exact) mass is 292 g/mol. The van der Waals surface area contributed by atoms with Crippen molar-refractivity contribution in [1.29, 1.82) is 10.7 Å². The number of nitrogens with zero attached hydrogens (tertiary/aromatic N) is 3. The molecule has 104 valence electrons. The van der Waals surface area contributed by atoms with Crippen molar-refractivity contribution in [2.45, 2.75) is 0 Å². The summed E-state index contributed by atoms with van der Waals surface area (Å²) < 4.78 is 0. The molecule has 1 rings (SSSR count). The van der Waals surface area contributed by atoms with Gasteiger partial charge in [0.2, 0.25) is 5.71 Å². The Hall–Kier alpha value is -2.59. The molecule has 4 N–H and O–H groups in total. The van der Waals surface area contributed by atoms with E-state index in [4.69, 9.17) is 28.0 Å². The van der Waals surface area contributed by atoms with E-state index in [0.717, 1.165) is 0 Å². The lowest BCUT2D eigenvalue weighted by molar-refractivity contribution is 0.0828. The fourth-order valence-electron chi connectivity index (χ4n) is 1.30. The lowest BCUT2D eigenvalue weighted by atomic mass is 10.1. The number of rotatable bonds is 4. The normalized spacial score (nSPS) is 10.6. The van der Waals surface area contributed by atoms with E-state index in [1.165, 1.54) is 11.0 Å². The Kier molecular flexibility index (Phi) is 5.06. The first-order valence-electron chi connectivity index (χ1n) is 5.46. The number of hydrazone groups is 1. The van der Waals surface area contributed by atoms with Gasteiger partial charge in [-0.2, -0.15) is 10.4 Å². The van der Waals surface area contributed by atoms with E-state index >= 15 is 0 Å². The third-order valence-electron chi connectivity index (χ3n) is 2.27. The Morgan fingerprint density at radius 3 is 2.70 bits per heavy atom. The minimum atomic E-state index is -0.470. The number of hydrogen-bond donors (Lipinski definition) is 3. The first-order valence-corrected chi connectivity index (χ1v) is 5.84. The summed E-state index contributed by atoms with van der Waals surface area (Å²) in [7, 11) is 3.22. The molecule has 1 amide bonds. The smallest absolute Gasteiger partial charge is 0.255 e. The van der Waals surface area contributed by atoms with Crippen molar-refractivity contribution in [2.75, 3.05) is 19.5 Å². The van der Waals surface area contributed by atoms with Gasteiger partial charge >= 0.3 is 0 Å². The highest BCUT2D eigenvalue weighted by atomic mass is 35.5. The highest BCUT2D eigenvalue weighted by Gasteiger charge is 2.14. The Labute approximate surface area is 121 Å². The number of nitrogens with two attached hydrogens (primary N) is 1. The number of carbonyl (C=O) groups excluding carboxylic acids is 1. The standard InChI is InChI=1S/C12H13ClN6O/c1-19(2)12(20)8-4-3-7(13)5-9(8)17-18-10(6-14)11(15)16/h3-5,17H,1-2H3,(H3,15,16)/b18-10+. The van der Waals surface area contributed by atoms with Crippen molar-refractivity contribution in [3.63, 3.8) is 0 Å². The molecule has 1 aromatic rings. The van der Waals surface area contributed by atoms with Crippen LogP contribution in [-0.4, -0.2) is 36.4 Å². The van der Waals surface area contributed by atoms with Crippen molar-refractivity contribution in [1.82, 2.24) is 4.90 Å². The van der Waals surface area contributed by atoms with Crippen LogP contribution in [-0.2, 0) is 0 Å². The van der Waals surface area contributed by atoms with Gasteiger partial charge in [0, 0.05) is 19.1 Å². The second-order valence-corrected chi connectivity index (χ2v) is 4.42. The molecule has 0 aliphatic rings. The number of nitrogens with one attached hydrogen (secondary N) is 2. The minimum absolute atomic E-state index is 0.249. The number of halogens is 1. The molecule has 0 saturated heterocycles. The van der Waals surface area contributed by atoms with Crippen LogP contribution in [0.1, 0.15) is 10.4 Å². The van der Waals surface area contributed by atoms with Crippen molar-refractivity contribution in [2.24, 2.45) is 10.8 Å². The van der Waals surface area contributed by atoms with Crippen molar-refractivity contribution >= 4 is 34.7 Å². The summed E-state index contributed by atoms with van der Waals surface area (Å²) >= 11 is 5.87. The zero-order valence-corrected chi connectivity index (χ0v) is 11.7. The second-order valence-electron chi connectivity index (χ2n) is 3.99. The van der Waals surface area contributed by atoms with Gasteiger partial charge in [-0.1, -0.05) is 11.6 Å². The van der Waals surface area contributed by atoms with Crippen LogP contribution in [0.15, 0.2) is 23.3 Å². The topological polar surface area (TPSA) is 118 Å². The van der Waals surface area contributed by atoms with Crippen molar-refractivity contribution < 1.29 is 4.79 Å². The van der Waals surface area contributed by atoms with Gasteiger partial charge in [-0.05, 0) is 18.2 Å². The predicted molar refractivity (Wildman–Crippen MR) is 78.1 cm³/mol. The van der Waals surface area contributed by atoms with Crippen LogP contribution in [0.25, 0.3) is 0 Å². The number of nitriles is 1. The Balaban J connectivity index is 3.18. The maximum atomic E-state index is 12.0.